The van der Waals surface area contributed by atoms with E-state index in [0.717, 1.165) is 32.1 Å². The molecule has 0 bridgehead atoms. The topological polar surface area (TPSA) is 74.8 Å². The van der Waals surface area contributed by atoms with Crippen LogP contribution in [0.25, 0.3) is 0 Å². The first-order chi connectivity index (χ1) is 14.0. The first kappa shape index (κ1) is 23.1. The summed E-state index contributed by atoms with van der Waals surface area (Å²) in [6.45, 7) is 7.08. The number of aliphatic imine (C=N–C) groups is 1. The van der Waals surface area contributed by atoms with Gasteiger partial charge in [-0.3, -0.25) is 9.79 Å². The largest absolute Gasteiger partial charge is 0.382 e. The summed E-state index contributed by atoms with van der Waals surface area (Å²) in [6, 6.07) is 4.51. The number of nitrogens with one attached hydrogen (secondary N) is 3. The van der Waals surface area contributed by atoms with Gasteiger partial charge < -0.3 is 20.7 Å². The molecule has 162 valence electrons. The molecule has 2 rings (SSSR count). The maximum Gasteiger partial charge on any atom is 0.251 e. The molecule has 0 radical (unpaired) electrons. The van der Waals surface area contributed by atoms with Gasteiger partial charge in [0.1, 0.15) is 5.82 Å². The molecule has 0 saturated heterocycles. The summed E-state index contributed by atoms with van der Waals surface area (Å²) < 4.78 is 19.2. The predicted molar refractivity (Wildman–Crippen MR) is 115 cm³/mol. The van der Waals surface area contributed by atoms with E-state index in [1.54, 1.807) is 26.1 Å². The number of hydrogen-bond donors (Lipinski definition) is 3. The Labute approximate surface area is 173 Å². The minimum absolute atomic E-state index is 0.274. The van der Waals surface area contributed by atoms with Crippen LogP contribution in [0, 0.1) is 18.2 Å². The van der Waals surface area contributed by atoms with Crippen LogP contribution in [0.4, 0.5) is 4.39 Å². The quantitative estimate of drug-likeness (QED) is 0.317. The molecule has 1 aliphatic rings. The molecule has 3 N–H and O–H groups in total. The molecular formula is C22H35FN4O2. The van der Waals surface area contributed by atoms with Crippen LogP contribution in [-0.2, 0) is 4.74 Å². The second-order valence-electron chi connectivity index (χ2n) is 7.73. The molecule has 1 aliphatic carbocycles. The maximum absolute atomic E-state index is 13.6. The van der Waals surface area contributed by atoms with Crippen molar-refractivity contribution in [1.82, 2.24) is 16.0 Å². The Bertz CT molecular complexity index is 687. The summed E-state index contributed by atoms with van der Waals surface area (Å²) in [5.74, 6) is 0.0725. The summed E-state index contributed by atoms with van der Waals surface area (Å²) in [6.07, 6.45) is 6.03. The summed E-state index contributed by atoms with van der Waals surface area (Å²) in [7, 11) is 1.74. The Morgan fingerprint density at radius 2 is 1.93 bits per heavy atom. The van der Waals surface area contributed by atoms with Crippen molar-refractivity contribution in [2.45, 2.75) is 46.0 Å². The van der Waals surface area contributed by atoms with Crippen LogP contribution >= 0.6 is 0 Å². The number of aryl methyl sites for hydroxylation is 1. The van der Waals surface area contributed by atoms with Crippen molar-refractivity contribution in [3.8, 4) is 0 Å². The number of ether oxygens (including phenoxy) is 1. The molecule has 0 aliphatic heterocycles. The Kier molecular flexibility index (Phi) is 9.38. The van der Waals surface area contributed by atoms with Crippen LogP contribution in [-0.4, -0.2) is 51.8 Å². The average Bonchev–Trinajstić information content (AvgIpc) is 3.18. The van der Waals surface area contributed by atoms with E-state index < -0.39 is 0 Å². The lowest BCUT2D eigenvalue weighted by Gasteiger charge is -2.30. The van der Waals surface area contributed by atoms with Crippen LogP contribution < -0.4 is 16.0 Å². The summed E-state index contributed by atoms with van der Waals surface area (Å²) >= 11 is 0. The third-order valence-electron chi connectivity index (χ3n) is 5.64. The van der Waals surface area contributed by atoms with Crippen molar-refractivity contribution in [3.05, 3.63) is 35.1 Å². The number of amides is 1. The predicted octanol–water partition coefficient (Wildman–Crippen LogP) is 3.02. The van der Waals surface area contributed by atoms with Gasteiger partial charge in [-0.15, -0.1) is 0 Å². The van der Waals surface area contributed by atoms with Crippen LogP contribution in [0.1, 0.15) is 54.9 Å². The highest BCUT2D eigenvalue weighted by Crippen LogP contribution is 2.40. The lowest BCUT2D eigenvalue weighted by molar-refractivity contribution is 0.0954. The van der Waals surface area contributed by atoms with Crippen LogP contribution in [0.2, 0.25) is 0 Å². The smallest absolute Gasteiger partial charge is 0.251 e. The fourth-order valence-corrected chi connectivity index (χ4v) is 3.76. The molecule has 1 aromatic carbocycles. The molecule has 6 nitrogen and oxygen atoms in total. The SMILES string of the molecule is CCOCCC1(CNC(=NC)NCCNC(=O)c2ccc(C)c(F)c2)CCCC1. The normalized spacial score (nSPS) is 15.9. The maximum atomic E-state index is 13.6. The van der Waals surface area contributed by atoms with Gasteiger partial charge in [0, 0.05) is 45.5 Å². The van der Waals surface area contributed by atoms with Crippen LogP contribution in [0.5, 0.6) is 0 Å². The zero-order valence-corrected chi connectivity index (χ0v) is 17.9. The lowest BCUT2D eigenvalue weighted by atomic mass is 9.83. The van der Waals surface area contributed by atoms with E-state index in [1.807, 2.05) is 6.92 Å². The summed E-state index contributed by atoms with van der Waals surface area (Å²) in [5, 5.41) is 9.45. The summed E-state index contributed by atoms with van der Waals surface area (Å²) in [5.41, 5.74) is 1.13. The van der Waals surface area contributed by atoms with Crippen molar-refractivity contribution in [1.29, 1.82) is 0 Å². The highest BCUT2D eigenvalue weighted by Gasteiger charge is 2.33. The minimum atomic E-state index is -0.370. The molecule has 1 aromatic rings. The number of guanidine groups is 1. The minimum Gasteiger partial charge on any atom is -0.382 e. The third-order valence-corrected chi connectivity index (χ3v) is 5.64. The number of rotatable bonds is 10. The van der Waals surface area contributed by atoms with Crippen molar-refractivity contribution in [2.75, 3.05) is 39.9 Å². The highest BCUT2D eigenvalue weighted by atomic mass is 19.1. The second-order valence-corrected chi connectivity index (χ2v) is 7.73. The van der Waals surface area contributed by atoms with Crippen molar-refractivity contribution < 1.29 is 13.9 Å². The van der Waals surface area contributed by atoms with Gasteiger partial charge in [0.25, 0.3) is 5.91 Å². The Morgan fingerprint density at radius 1 is 1.21 bits per heavy atom. The zero-order chi connectivity index (χ0) is 21.1. The Morgan fingerprint density at radius 3 is 2.59 bits per heavy atom. The van der Waals surface area contributed by atoms with E-state index in [9.17, 15) is 9.18 Å². The number of carbonyl (C=O) groups is 1. The van der Waals surface area contributed by atoms with Gasteiger partial charge in [-0.05, 0) is 56.2 Å². The van der Waals surface area contributed by atoms with E-state index in [-0.39, 0.29) is 17.1 Å². The van der Waals surface area contributed by atoms with Gasteiger partial charge in [-0.2, -0.15) is 0 Å². The lowest BCUT2D eigenvalue weighted by Crippen LogP contribution is -2.45. The van der Waals surface area contributed by atoms with Gasteiger partial charge >= 0.3 is 0 Å². The molecule has 1 saturated carbocycles. The van der Waals surface area contributed by atoms with Gasteiger partial charge in [-0.25, -0.2) is 4.39 Å². The molecule has 1 amide bonds. The standard InChI is InChI=1S/C22H35FN4O2/c1-4-29-14-11-22(9-5-6-10-22)16-27-21(24-3)26-13-12-25-20(28)18-8-7-17(2)19(23)15-18/h7-8,15H,4-6,9-14,16H2,1-3H3,(H,25,28)(H2,24,26,27). The van der Waals surface area contributed by atoms with Crippen LogP contribution in [0.3, 0.4) is 0 Å². The molecule has 29 heavy (non-hydrogen) atoms. The number of carbonyl (C=O) groups excluding carboxylic acids is 1. The Hall–Kier alpha value is -2.15. The van der Waals surface area contributed by atoms with E-state index in [2.05, 4.69) is 20.9 Å². The monoisotopic (exact) mass is 406 g/mol. The van der Waals surface area contributed by atoms with Gasteiger partial charge in [0.05, 0.1) is 0 Å². The van der Waals surface area contributed by atoms with Gasteiger partial charge in [0.15, 0.2) is 5.96 Å². The fourth-order valence-electron chi connectivity index (χ4n) is 3.76. The first-order valence-corrected chi connectivity index (χ1v) is 10.6. The van der Waals surface area contributed by atoms with Gasteiger partial charge in [0.2, 0.25) is 0 Å². The first-order valence-electron chi connectivity index (χ1n) is 10.6. The zero-order valence-electron chi connectivity index (χ0n) is 17.9. The number of halogens is 1. The number of benzene rings is 1. The molecule has 0 spiro atoms. The molecule has 0 unspecified atom stereocenters. The number of hydrogen-bond acceptors (Lipinski definition) is 3. The van der Waals surface area contributed by atoms with E-state index in [0.29, 0.717) is 24.2 Å². The molecule has 7 heteroatoms. The van der Waals surface area contributed by atoms with Gasteiger partial charge in [-0.1, -0.05) is 18.9 Å². The Balaban J connectivity index is 1.72. The van der Waals surface area contributed by atoms with Crippen molar-refractivity contribution in [3.63, 3.8) is 0 Å². The average molecular weight is 407 g/mol. The molecule has 0 aromatic heterocycles. The molecule has 1 fully saturated rings. The van der Waals surface area contributed by atoms with Crippen molar-refractivity contribution in [2.24, 2.45) is 10.4 Å². The fraction of sp³-hybridized carbons (Fsp3) is 0.636. The van der Waals surface area contributed by atoms with E-state index in [4.69, 9.17) is 4.74 Å². The second kappa shape index (κ2) is 11.8. The summed E-state index contributed by atoms with van der Waals surface area (Å²) in [4.78, 5) is 16.4. The highest BCUT2D eigenvalue weighted by molar-refractivity contribution is 5.94. The third kappa shape index (κ3) is 7.31. The van der Waals surface area contributed by atoms with Crippen LogP contribution in [0.15, 0.2) is 23.2 Å². The molecular weight excluding hydrogens is 371 g/mol. The number of nitrogens with zero attached hydrogens (tertiary/aromatic N) is 1. The van der Waals surface area contributed by atoms with E-state index in [1.165, 1.54) is 31.7 Å². The molecule has 0 atom stereocenters. The van der Waals surface area contributed by atoms with E-state index >= 15 is 0 Å². The molecule has 0 heterocycles. The van der Waals surface area contributed by atoms with Crippen molar-refractivity contribution >= 4 is 11.9 Å².